The van der Waals surface area contributed by atoms with Gasteiger partial charge >= 0.3 is 5.97 Å². The van der Waals surface area contributed by atoms with Crippen molar-refractivity contribution in [2.45, 2.75) is 198 Å². The second kappa shape index (κ2) is 13.5. The third-order valence-corrected chi connectivity index (χ3v) is 17.5. The summed E-state index contributed by atoms with van der Waals surface area (Å²) < 4.78 is 37.6. The molecule has 3 heterocycles. The Balaban J connectivity index is 1.14. The van der Waals surface area contributed by atoms with Crippen LogP contribution in [0.4, 0.5) is 0 Å². The molecule has 320 valence electrons. The van der Waals surface area contributed by atoms with E-state index in [0.717, 1.165) is 38.5 Å². The molecule has 0 radical (unpaired) electrons. The Morgan fingerprint density at radius 1 is 0.732 bits per heavy atom. The summed E-state index contributed by atoms with van der Waals surface area (Å²) in [5.74, 6) is -0.753. The van der Waals surface area contributed by atoms with Crippen molar-refractivity contribution in [3.05, 3.63) is 0 Å². The number of hydrogen-bond donors (Lipinski definition) is 7. The van der Waals surface area contributed by atoms with Gasteiger partial charge in [0.2, 0.25) is 0 Å². The number of carbonyl (C=O) groups is 1. The van der Waals surface area contributed by atoms with Crippen LogP contribution < -0.4 is 0 Å². The van der Waals surface area contributed by atoms with Gasteiger partial charge in [0.25, 0.3) is 0 Å². The van der Waals surface area contributed by atoms with Gasteiger partial charge in [-0.2, -0.15) is 0 Å². The molecule has 7 N–H and O–H groups in total. The second-order valence-corrected chi connectivity index (χ2v) is 21.2. The average molecular weight is 797 g/mol. The first-order valence-electron chi connectivity index (χ1n) is 21.2. The van der Waals surface area contributed by atoms with E-state index in [4.69, 9.17) is 28.4 Å². The van der Waals surface area contributed by atoms with Crippen molar-refractivity contribution in [1.82, 2.24) is 0 Å². The SMILES string of the molecule is CC(=O)O[C@H]1[C@H](O[C@H]2CC[C@]34C[C@]35CC[C@]3(C)[C@@H]([C@]6(C)CC[C@H](C(C)(C)O)O6)[C@@H](O)C[C@@]3(C)[C@@H]5C[C@H](O[C@H]3OC[C@H](O)[C@@H](O)[C@@H]3O)[C@H]4C2(C)C)OC[C@@H](O)[C@@H]1O. The van der Waals surface area contributed by atoms with Gasteiger partial charge in [0, 0.05) is 12.8 Å². The molecule has 8 aliphatic rings. The fourth-order valence-corrected chi connectivity index (χ4v) is 14.9. The molecule has 20 atom stereocenters. The summed E-state index contributed by atoms with van der Waals surface area (Å²) in [4.78, 5) is 12.1. The Morgan fingerprint density at radius 2 is 1.39 bits per heavy atom. The van der Waals surface area contributed by atoms with Gasteiger partial charge in [-0.25, -0.2) is 0 Å². The van der Waals surface area contributed by atoms with Gasteiger partial charge in [-0.05, 0) is 117 Å². The summed E-state index contributed by atoms with van der Waals surface area (Å²) >= 11 is 0. The summed E-state index contributed by atoms with van der Waals surface area (Å²) in [6, 6.07) is 0. The molecule has 5 saturated carbocycles. The van der Waals surface area contributed by atoms with Crippen LogP contribution in [0.15, 0.2) is 0 Å². The van der Waals surface area contributed by atoms with E-state index in [9.17, 15) is 40.5 Å². The van der Waals surface area contributed by atoms with Crippen LogP contribution in [0, 0.1) is 44.8 Å². The lowest BCUT2D eigenvalue weighted by Gasteiger charge is -2.65. The highest BCUT2D eigenvalue weighted by atomic mass is 16.7. The molecule has 56 heavy (non-hydrogen) atoms. The number of aliphatic hydroxyl groups is 7. The maximum Gasteiger partial charge on any atom is 0.303 e. The van der Waals surface area contributed by atoms with Crippen LogP contribution in [-0.2, 0) is 33.2 Å². The topological polar surface area (TPSA) is 214 Å². The molecule has 0 aromatic carbocycles. The minimum Gasteiger partial charge on any atom is -0.454 e. The summed E-state index contributed by atoms with van der Waals surface area (Å²) in [6.07, 6.45) is -5.11. The monoisotopic (exact) mass is 796 g/mol. The predicted octanol–water partition coefficient (Wildman–Crippen LogP) is 1.93. The third kappa shape index (κ3) is 5.89. The molecule has 0 amide bonds. The Labute approximate surface area is 330 Å². The standard InChI is InChI=1S/C42H68O14/c1-20(43)53-31-29(48)23(46)18-52-35(31)55-26-10-12-42-19-41(42)14-13-38(6)32(40(8)11-9-27(56-40)37(4,5)50)21(44)16-39(38,7)25(41)15-24(33(42)36(26,2)3)54-34-30(49)28(47)22(45)17-51-34/h21-35,44-50H,9-19H2,1-8H3/t21-,22-,23+,24-,25-,26-,27+,28+,29-,30-,31+,32-,33-,34+,35-,38+,39-,40-,41-,42+/m0/s1. The van der Waals surface area contributed by atoms with Gasteiger partial charge in [-0.3, -0.25) is 4.79 Å². The highest BCUT2D eigenvalue weighted by Gasteiger charge is 2.85. The summed E-state index contributed by atoms with van der Waals surface area (Å²) in [5.41, 5.74) is -3.02. The number of fused-ring (bicyclic) bond motifs is 2. The first-order chi connectivity index (χ1) is 26.0. The summed E-state index contributed by atoms with van der Waals surface area (Å²) in [5, 5.41) is 76.5. The highest BCUT2D eigenvalue weighted by molar-refractivity contribution is 5.66. The Kier molecular flexibility index (Phi) is 10.1. The molecule has 0 unspecified atom stereocenters. The molecule has 0 aromatic heterocycles. The molecule has 2 spiro atoms. The Bertz CT molecular complexity index is 1520. The number of esters is 1. The minimum atomic E-state index is -1.47. The zero-order chi connectivity index (χ0) is 40.8. The lowest BCUT2D eigenvalue weighted by molar-refractivity contribution is -0.326. The van der Waals surface area contributed by atoms with Gasteiger partial charge in [-0.15, -0.1) is 0 Å². The number of hydrogen-bond acceptors (Lipinski definition) is 14. The molecule has 8 rings (SSSR count). The van der Waals surface area contributed by atoms with Crippen molar-refractivity contribution in [1.29, 1.82) is 0 Å². The summed E-state index contributed by atoms with van der Waals surface area (Å²) in [6.45, 7) is 15.6. The molecule has 0 aromatic rings. The molecule has 14 nitrogen and oxygen atoms in total. The van der Waals surface area contributed by atoms with Crippen molar-refractivity contribution in [3.8, 4) is 0 Å². The molecule has 14 heteroatoms. The summed E-state index contributed by atoms with van der Waals surface area (Å²) in [7, 11) is 0. The Morgan fingerprint density at radius 3 is 2.04 bits per heavy atom. The van der Waals surface area contributed by atoms with Crippen molar-refractivity contribution in [3.63, 3.8) is 0 Å². The zero-order valence-electron chi connectivity index (χ0n) is 34.4. The normalized spacial score (nSPS) is 56.4. The van der Waals surface area contributed by atoms with E-state index in [-0.39, 0.29) is 58.7 Å². The van der Waals surface area contributed by atoms with E-state index in [1.807, 2.05) is 0 Å². The predicted molar refractivity (Wildman–Crippen MR) is 197 cm³/mol. The fraction of sp³-hybridized carbons (Fsp3) is 0.976. The van der Waals surface area contributed by atoms with Crippen LogP contribution in [0.25, 0.3) is 0 Å². The largest absolute Gasteiger partial charge is 0.454 e. The first-order valence-corrected chi connectivity index (χ1v) is 21.2. The Hall–Kier alpha value is -1.01. The number of aliphatic hydroxyl groups excluding tert-OH is 6. The van der Waals surface area contributed by atoms with Crippen LogP contribution in [0.1, 0.15) is 113 Å². The number of ether oxygens (including phenoxy) is 6. The fourth-order valence-electron chi connectivity index (χ4n) is 14.9. The molecule has 5 aliphatic carbocycles. The van der Waals surface area contributed by atoms with E-state index in [1.165, 1.54) is 6.92 Å². The molecule has 3 aliphatic heterocycles. The third-order valence-electron chi connectivity index (χ3n) is 17.5. The number of carbonyl (C=O) groups excluding carboxylic acids is 1. The average Bonchev–Trinajstić information content (AvgIpc) is 3.46. The lowest BCUT2D eigenvalue weighted by atomic mass is 9.41. The van der Waals surface area contributed by atoms with Crippen molar-refractivity contribution >= 4 is 5.97 Å². The van der Waals surface area contributed by atoms with E-state index in [0.29, 0.717) is 19.3 Å². The first kappa shape index (κ1) is 41.7. The van der Waals surface area contributed by atoms with Crippen LogP contribution in [0.3, 0.4) is 0 Å². The zero-order valence-corrected chi connectivity index (χ0v) is 34.4. The van der Waals surface area contributed by atoms with Gasteiger partial charge in [0.1, 0.15) is 30.5 Å². The maximum absolute atomic E-state index is 12.2. The molecule has 8 fully saturated rings. The van der Waals surface area contributed by atoms with Crippen molar-refractivity contribution in [2.75, 3.05) is 13.2 Å². The van der Waals surface area contributed by atoms with Gasteiger partial charge < -0.3 is 64.2 Å². The second-order valence-electron chi connectivity index (χ2n) is 21.2. The van der Waals surface area contributed by atoms with Gasteiger partial charge in [0.15, 0.2) is 18.7 Å². The van der Waals surface area contributed by atoms with E-state index in [2.05, 4.69) is 34.6 Å². The van der Waals surface area contributed by atoms with Crippen LogP contribution >= 0.6 is 0 Å². The molecule has 3 saturated heterocycles. The van der Waals surface area contributed by atoms with E-state index in [1.54, 1.807) is 13.8 Å². The van der Waals surface area contributed by atoms with E-state index < -0.39 is 90.1 Å². The van der Waals surface area contributed by atoms with Crippen LogP contribution in [0.5, 0.6) is 0 Å². The molecular formula is C42H68O14. The molecular weight excluding hydrogens is 728 g/mol. The highest BCUT2D eigenvalue weighted by Crippen LogP contribution is 2.89. The van der Waals surface area contributed by atoms with Crippen molar-refractivity contribution in [2.24, 2.45) is 44.8 Å². The van der Waals surface area contributed by atoms with Crippen LogP contribution in [0.2, 0.25) is 0 Å². The lowest BCUT2D eigenvalue weighted by Crippen LogP contribution is -2.65. The maximum atomic E-state index is 12.2. The molecule has 0 bridgehead atoms. The van der Waals surface area contributed by atoms with E-state index >= 15 is 0 Å². The number of rotatable bonds is 7. The van der Waals surface area contributed by atoms with Gasteiger partial charge in [0.05, 0.1) is 48.8 Å². The quantitative estimate of drug-likeness (QED) is 0.145. The van der Waals surface area contributed by atoms with Crippen LogP contribution in [-0.4, -0.2) is 140 Å². The smallest absolute Gasteiger partial charge is 0.303 e. The minimum absolute atomic E-state index is 0.0423. The van der Waals surface area contributed by atoms with Gasteiger partial charge in [-0.1, -0.05) is 27.7 Å². The van der Waals surface area contributed by atoms with Crippen molar-refractivity contribution < 1.29 is 69.0 Å².